The molecule has 2 fully saturated rings. The summed E-state index contributed by atoms with van der Waals surface area (Å²) in [5, 5.41) is 3.62. The fourth-order valence-electron chi connectivity index (χ4n) is 3.27. The van der Waals surface area contributed by atoms with E-state index in [9.17, 15) is 0 Å². The van der Waals surface area contributed by atoms with E-state index >= 15 is 0 Å². The van der Waals surface area contributed by atoms with Gasteiger partial charge in [0.15, 0.2) is 0 Å². The van der Waals surface area contributed by atoms with Crippen molar-refractivity contribution in [3.05, 3.63) is 0 Å². The molecule has 2 nitrogen and oxygen atoms in total. The van der Waals surface area contributed by atoms with Gasteiger partial charge in [-0.1, -0.05) is 26.7 Å². The summed E-state index contributed by atoms with van der Waals surface area (Å²) in [6, 6.07) is 0.781. The van der Waals surface area contributed by atoms with Crippen LogP contribution in [-0.4, -0.2) is 25.3 Å². The van der Waals surface area contributed by atoms with Crippen molar-refractivity contribution in [1.29, 1.82) is 0 Å². The number of nitrogens with one attached hydrogen (secondary N) is 1. The fourth-order valence-corrected chi connectivity index (χ4v) is 3.27. The van der Waals surface area contributed by atoms with Gasteiger partial charge in [-0.2, -0.15) is 0 Å². The van der Waals surface area contributed by atoms with E-state index in [-0.39, 0.29) is 0 Å². The topological polar surface area (TPSA) is 21.3 Å². The Balaban J connectivity index is 1.53. The maximum absolute atomic E-state index is 6.00. The molecule has 0 radical (unpaired) electrons. The van der Waals surface area contributed by atoms with Gasteiger partial charge in [-0.15, -0.1) is 0 Å². The van der Waals surface area contributed by atoms with Crippen molar-refractivity contribution < 1.29 is 4.74 Å². The molecule has 0 aromatic carbocycles. The lowest BCUT2D eigenvalue weighted by atomic mass is 9.80. The fraction of sp³-hybridized carbons (Fsp3) is 1.00. The highest BCUT2D eigenvalue weighted by Gasteiger charge is 2.24. The predicted molar refractivity (Wildman–Crippen MR) is 72.2 cm³/mol. The molecule has 2 aliphatic carbocycles. The second kappa shape index (κ2) is 6.75. The lowest BCUT2D eigenvalue weighted by molar-refractivity contribution is 0.00367. The second-order valence-electron chi connectivity index (χ2n) is 6.20. The minimum atomic E-state index is 0.534. The van der Waals surface area contributed by atoms with Crippen molar-refractivity contribution in [2.75, 3.05) is 13.2 Å². The normalized spacial score (nSPS) is 35.3. The highest BCUT2D eigenvalue weighted by atomic mass is 16.5. The van der Waals surface area contributed by atoms with E-state index in [0.717, 1.165) is 31.0 Å². The zero-order chi connectivity index (χ0) is 12.1. The van der Waals surface area contributed by atoms with Gasteiger partial charge in [-0.05, 0) is 43.9 Å². The molecule has 0 bridgehead atoms. The maximum Gasteiger partial charge on any atom is 0.0594 e. The molecular formula is C15H29NO. The Morgan fingerprint density at radius 1 is 1.00 bits per heavy atom. The molecule has 2 heteroatoms. The van der Waals surface area contributed by atoms with Crippen LogP contribution < -0.4 is 5.32 Å². The summed E-state index contributed by atoms with van der Waals surface area (Å²) in [5.41, 5.74) is 0. The lowest BCUT2D eigenvalue weighted by Gasteiger charge is -2.32. The molecule has 2 aliphatic rings. The van der Waals surface area contributed by atoms with Crippen molar-refractivity contribution in [2.24, 2.45) is 11.8 Å². The second-order valence-corrected chi connectivity index (χ2v) is 6.20. The molecule has 0 spiro atoms. The number of ether oxygens (including phenoxy) is 1. The Labute approximate surface area is 107 Å². The highest BCUT2D eigenvalue weighted by Crippen LogP contribution is 2.30. The van der Waals surface area contributed by atoms with Crippen LogP contribution in [0.4, 0.5) is 0 Å². The number of rotatable bonds is 5. The molecule has 2 saturated carbocycles. The molecule has 0 amide bonds. The molecule has 3 atom stereocenters. The van der Waals surface area contributed by atoms with Crippen LogP contribution in [0.3, 0.4) is 0 Å². The maximum atomic E-state index is 6.00. The van der Waals surface area contributed by atoms with Gasteiger partial charge >= 0.3 is 0 Å². The third kappa shape index (κ3) is 4.26. The summed E-state index contributed by atoms with van der Waals surface area (Å²) in [4.78, 5) is 0. The van der Waals surface area contributed by atoms with Gasteiger partial charge in [0.25, 0.3) is 0 Å². The van der Waals surface area contributed by atoms with Crippen LogP contribution in [0.15, 0.2) is 0 Å². The summed E-state index contributed by atoms with van der Waals surface area (Å²) in [6.45, 7) is 6.70. The van der Waals surface area contributed by atoms with Gasteiger partial charge in [0.1, 0.15) is 0 Å². The summed E-state index contributed by atoms with van der Waals surface area (Å²) in [5.74, 6) is 1.74. The summed E-state index contributed by atoms with van der Waals surface area (Å²) in [7, 11) is 0. The molecule has 1 N–H and O–H groups in total. The van der Waals surface area contributed by atoms with Crippen molar-refractivity contribution in [3.63, 3.8) is 0 Å². The van der Waals surface area contributed by atoms with E-state index in [1.54, 1.807) is 0 Å². The molecule has 0 heterocycles. The molecule has 0 aromatic rings. The molecule has 0 aromatic heterocycles. The first kappa shape index (κ1) is 13.4. The number of hydrogen-bond donors (Lipinski definition) is 1. The molecule has 100 valence electrons. The van der Waals surface area contributed by atoms with Gasteiger partial charge in [-0.3, -0.25) is 0 Å². The van der Waals surface area contributed by atoms with Crippen LogP contribution in [0, 0.1) is 11.8 Å². The summed E-state index contributed by atoms with van der Waals surface area (Å²) >= 11 is 0. The van der Waals surface area contributed by atoms with E-state index in [1.807, 2.05) is 0 Å². The SMILES string of the molecule is CC1CCC(OCCNC2CCCC2)CC1C. The lowest BCUT2D eigenvalue weighted by Crippen LogP contribution is -2.32. The third-order valence-corrected chi connectivity index (χ3v) is 4.79. The monoisotopic (exact) mass is 239 g/mol. The first-order valence-electron chi connectivity index (χ1n) is 7.60. The predicted octanol–water partition coefficient (Wildman–Crippen LogP) is 3.36. The van der Waals surface area contributed by atoms with Crippen LogP contribution in [0.1, 0.15) is 58.8 Å². The van der Waals surface area contributed by atoms with E-state index in [2.05, 4.69) is 19.2 Å². The van der Waals surface area contributed by atoms with E-state index in [4.69, 9.17) is 4.74 Å². The largest absolute Gasteiger partial charge is 0.377 e. The molecule has 0 saturated heterocycles. The summed E-state index contributed by atoms with van der Waals surface area (Å²) < 4.78 is 6.00. The zero-order valence-corrected chi connectivity index (χ0v) is 11.6. The quantitative estimate of drug-likeness (QED) is 0.743. The zero-order valence-electron chi connectivity index (χ0n) is 11.6. The van der Waals surface area contributed by atoms with Crippen molar-refractivity contribution in [2.45, 2.75) is 70.9 Å². The first-order valence-corrected chi connectivity index (χ1v) is 7.60. The average molecular weight is 239 g/mol. The highest BCUT2D eigenvalue weighted by molar-refractivity contribution is 4.76. The average Bonchev–Trinajstić information content (AvgIpc) is 2.82. The smallest absolute Gasteiger partial charge is 0.0594 e. The molecule has 17 heavy (non-hydrogen) atoms. The Kier molecular flexibility index (Phi) is 5.30. The van der Waals surface area contributed by atoms with Gasteiger partial charge in [-0.25, -0.2) is 0 Å². The summed E-state index contributed by atoms with van der Waals surface area (Å²) in [6.07, 6.45) is 10.00. The van der Waals surface area contributed by atoms with Crippen LogP contribution in [0.5, 0.6) is 0 Å². The Hall–Kier alpha value is -0.0800. The van der Waals surface area contributed by atoms with Crippen molar-refractivity contribution in [3.8, 4) is 0 Å². The Bertz CT molecular complexity index is 213. The van der Waals surface area contributed by atoms with Crippen molar-refractivity contribution in [1.82, 2.24) is 5.32 Å². The Morgan fingerprint density at radius 2 is 1.76 bits per heavy atom. The first-order chi connectivity index (χ1) is 8.25. The van der Waals surface area contributed by atoms with Gasteiger partial charge in [0, 0.05) is 12.6 Å². The van der Waals surface area contributed by atoms with E-state index < -0.39 is 0 Å². The van der Waals surface area contributed by atoms with Crippen LogP contribution >= 0.6 is 0 Å². The molecule has 0 aliphatic heterocycles. The minimum Gasteiger partial charge on any atom is -0.377 e. The minimum absolute atomic E-state index is 0.534. The van der Waals surface area contributed by atoms with Gasteiger partial charge in [0.2, 0.25) is 0 Å². The molecule has 3 unspecified atom stereocenters. The van der Waals surface area contributed by atoms with Crippen LogP contribution in [-0.2, 0) is 4.74 Å². The van der Waals surface area contributed by atoms with Gasteiger partial charge < -0.3 is 10.1 Å². The number of hydrogen-bond acceptors (Lipinski definition) is 2. The van der Waals surface area contributed by atoms with Crippen molar-refractivity contribution >= 4 is 0 Å². The molecule has 2 rings (SSSR count). The van der Waals surface area contributed by atoms with E-state index in [0.29, 0.717) is 6.10 Å². The van der Waals surface area contributed by atoms with E-state index in [1.165, 1.54) is 44.9 Å². The standard InChI is InChI=1S/C15H29NO/c1-12-7-8-15(11-13(12)2)17-10-9-16-14-5-3-4-6-14/h12-16H,3-11H2,1-2H3. The third-order valence-electron chi connectivity index (χ3n) is 4.79. The van der Waals surface area contributed by atoms with Gasteiger partial charge in [0.05, 0.1) is 12.7 Å². The Morgan fingerprint density at radius 3 is 2.47 bits per heavy atom. The van der Waals surface area contributed by atoms with Crippen LogP contribution in [0.25, 0.3) is 0 Å². The molecular weight excluding hydrogens is 210 g/mol. The van der Waals surface area contributed by atoms with Crippen LogP contribution in [0.2, 0.25) is 0 Å².